The Morgan fingerprint density at radius 2 is 1.59 bits per heavy atom. The van der Waals surface area contributed by atoms with Crippen LogP contribution in [-0.2, 0) is 20.8 Å². The van der Waals surface area contributed by atoms with Gasteiger partial charge in [0.2, 0.25) is 0 Å². The zero-order valence-corrected chi connectivity index (χ0v) is 21.4. The number of fused-ring (bicyclic) bond motifs is 2. The first-order chi connectivity index (χ1) is 17.9. The second-order valence-corrected chi connectivity index (χ2v) is 11.3. The van der Waals surface area contributed by atoms with Gasteiger partial charge in [0.25, 0.3) is 10.1 Å². The van der Waals surface area contributed by atoms with E-state index in [9.17, 15) is 8.42 Å². The van der Waals surface area contributed by atoms with Crippen molar-refractivity contribution in [2.75, 3.05) is 18.0 Å². The summed E-state index contributed by atoms with van der Waals surface area (Å²) in [5.41, 5.74) is 2.91. The summed E-state index contributed by atoms with van der Waals surface area (Å²) in [4.78, 5) is 4.45. The van der Waals surface area contributed by atoms with Gasteiger partial charge < -0.3 is 4.90 Å². The minimum atomic E-state index is -3.98. The lowest BCUT2D eigenvalue weighted by Crippen LogP contribution is -2.56. The van der Waals surface area contributed by atoms with E-state index in [0.29, 0.717) is 26.1 Å². The van der Waals surface area contributed by atoms with Crippen LogP contribution in [0.2, 0.25) is 0 Å². The van der Waals surface area contributed by atoms with E-state index in [1.165, 1.54) is 0 Å². The lowest BCUT2D eigenvalue weighted by molar-refractivity contribution is -0.0473. The molecule has 188 valence electrons. The molecule has 0 spiro atoms. The Morgan fingerprint density at radius 1 is 0.892 bits per heavy atom. The SMILES string of the molecule is Cc1ccc(S(=O)(=O)OC23CC(CN2Cc2ccccc2)N(c2ccc(-c4ccccc4)nn2)C3)cc1. The molecule has 6 rings (SSSR count). The van der Waals surface area contributed by atoms with E-state index >= 15 is 0 Å². The van der Waals surface area contributed by atoms with Crippen LogP contribution >= 0.6 is 0 Å². The average molecular weight is 513 g/mol. The Kier molecular flexibility index (Phi) is 6.03. The Bertz CT molecular complexity index is 1480. The lowest BCUT2D eigenvalue weighted by Gasteiger charge is -2.41. The molecule has 2 saturated heterocycles. The van der Waals surface area contributed by atoms with Crippen molar-refractivity contribution in [3.63, 3.8) is 0 Å². The van der Waals surface area contributed by atoms with E-state index in [1.54, 1.807) is 24.3 Å². The molecule has 2 fully saturated rings. The molecule has 0 aliphatic carbocycles. The van der Waals surface area contributed by atoms with Crippen molar-refractivity contribution in [2.45, 2.75) is 36.6 Å². The fraction of sp³-hybridized carbons (Fsp3) is 0.241. The third-order valence-electron chi connectivity index (χ3n) is 7.23. The van der Waals surface area contributed by atoms with Crippen LogP contribution in [0, 0.1) is 6.92 Å². The maximum Gasteiger partial charge on any atom is 0.298 e. The molecule has 1 aromatic heterocycles. The third-order valence-corrected chi connectivity index (χ3v) is 8.60. The normalized spacial score (nSPS) is 21.4. The number of rotatable bonds is 7. The summed E-state index contributed by atoms with van der Waals surface area (Å²) >= 11 is 0. The summed E-state index contributed by atoms with van der Waals surface area (Å²) in [5, 5.41) is 8.97. The van der Waals surface area contributed by atoms with Crippen LogP contribution in [-0.4, -0.2) is 48.4 Å². The van der Waals surface area contributed by atoms with E-state index in [2.05, 4.69) is 32.1 Å². The second-order valence-electron chi connectivity index (χ2n) is 9.79. The molecule has 8 heteroatoms. The largest absolute Gasteiger partial charge is 0.346 e. The Morgan fingerprint density at radius 3 is 2.27 bits per heavy atom. The predicted molar refractivity (Wildman–Crippen MR) is 142 cm³/mol. The van der Waals surface area contributed by atoms with Crippen molar-refractivity contribution < 1.29 is 12.6 Å². The van der Waals surface area contributed by atoms with Crippen molar-refractivity contribution in [3.05, 3.63) is 108 Å². The molecule has 2 aliphatic rings. The molecule has 37 heavy (non-hydrogen) atoms. The number of nitrogens with zero attached hydrogens (tertiary/aromatic N) is 4. The summed E-state index contributed by atoms with van der Waals surface area (Å²) in [6.45, 7) is 3.58. The second kappa shape index (κ2) is 9.37. The number of aromatic nitrogens is 2. The molecular formula is C29H28N4O3S. The number of piperazine rings is 1. The topological polar surface area (TPSA) is 75.6 Å². The number of hydrogen-bond acceptors (Lipinski definition) is 7. The van der Waals surface area contributed by atoms with E-state index in [0.717, 1.165) is 28.2 Å². The van der Waals surface area contributed by atoms with Crippen molar-refractivity contribution in [1.82, 2.24) is 15.1 Å². The summed E-state index contributed by atoms with van der Waals surface area (Å²) in [7, 11) is -3.98. The molecule has 0 saturated carbocycles. The third kappa shape index (κ3) is 4.64. The zero-order chi connectivity index (χ0) is 25.5. The van der Waals surface area contributed by atoms with Crippen LogP contribution in [0.25, 0.3) is 11.3 Å². The molecule has 3 aromatic carbocycles. The predicted octanol–water partition coefficient (Wildman–Crippen LogP) is 4.65. The van der Waals surface area contributed by atoms with Crippen molar-refractivity contribution in [1.29, 1.82) is 0 Å². The summed E-state index contributed by atoms with van der Waals surface area (Å²) in [6, 6.07) is 30.8. The van der Waals surface area contributed by atoms with Crippen LogP contribution < -0.4 is 4.90 Å². The monoisotopic (exact) mass is 512 g/mol. The fourth-order valence-corrected chi connectivity index (χ4v) is 6.54. The minimum Gasteiger partial charge on any atom is -0.346 e. The first kappa shape index (κ1) is 23.8. The van der Waals surface area contributed by atoms with Gasteiger partial charge >= 0.3 is 0 Å². The van der Waals surface area contributed by atoms with Crippen LogP contribution in [0.15, 0.2) is 102 Å². The highest BCUT2D eigenvalue weighted by atomic mass is 32.2. The average Bonchev–Trinajstić information content (AvgIpc) is 3.44. The molecule has 0 amide bonds. The van der Waals surface area contributed by atoms with Gasteiger partial charge in [-0.2, -0.15) is 8.42 Å². The standard InChI is InChI=1S/C29H28N4O3S/c1-22-12-14-26(15-13-22)37(34,35)36-29-18-25(20-32(29)19-23-8-4-2-5-9-23)33(21-29)28-17-16-27(30-31-28)24-10-6-3-7-11-24/h2-17,25H,18-21H2,1H3. The quantitative estimate of drug-likeness (QED) is 0.334. The van der Waals surface area contributed by atoms with E-state index in [4.69, 9.17) is 4.18 Å². The van der Waals surface area contributed by atoms with Crippen LogP contribution in [0.3, 0.4) is 0 Å². The van der Waals surface area contributed by atoms with Crippen molar-refractivity contribution >= 4 is 15.9 Å². The molecular weight excluding hydrogens is 484 g/mol. The zero-order valence-electron chi connectivity index (χ0n) is 20.6. The van der Waals surface area contributed by atoms with Crippen LogP contribution in [0.4, 0.5) is 5.82 Å². The summed E-state index contributed by atoms with van der Waals surface area (Å²) in [5.74, 6) is 0.724. The van der Waals surface area contributed by atoms with Gasteiger partial charge in [-0.3, -0.25) is 4.90 Å². The lowest BCUT2D eigenvalue weighted by atomic mass is 10.1. The van der Waals surface area contributed by atoms with Gasteiger partial charge in [0.1, 0.15) is 0 Å². The van der Waals surface area contributed by atoms with Gasteiger partial charge in [-0.15, -0.1) is 10.2 Å². The van der Waals surface area contributed by atoms with Crippen molar-refractivity contribution in [3.8, 4) is 11.3 Å². The van der Waals surface area contributed by atoms with E-state index in [-0.39, 0.29) is 10.9 Å². The molecule has 2 atom stereocenters. The molecule has 2 bridgehead atoms. The van der Waals surface area contributed by atoms with Gasteiger partial charge in [0.05, 0.1) is 17.1 Å². The summed E-state index contributed by atoms with van der Waals surface area (Å²) in [6.07, 6.45) is 0.563. The molecule has 3 heterocycles. The molecule has 0 N–H and O–H groups in total. The number of hydrogen-bond donors (Lipinski definition) is 0. The maximum absolute atomic E-state index is 13.4. The van der Waals surface area contributed by atoms with Gasteiger partial charge in [-0.25, -0.2) is 4.18 Å². The molecule has 0 radical (unpaired) electrons. The van der Waals surface area contributed by atoms with Gasteiger partial charge in [-0.1, -0.05) is 78.4 Å². The number of aryl methyl sites for hydroxylation is 1. The molecule has 2 unspecified atom stereocenters. The first-order valence-electron chi connectivity index (χ1n) is 12.4. The number of anilines is 1. The fourth-order valence-electron chi connectivity index (χ4n) is 5.34. The molecule has 7 nitrogen and oxygen atoms in total. The minimum absolute atomic E-state index is 0.0637. The Labute approximate surface area is 217 Å². The van der Waals surface area contributed by atoms with Gasteiger partial charge in [0.15, 0.2) is 11.5 Å². The maximum atomic E-state index is 13.4. The number of benzene rings is 3. The number of likely N-dealkylation sites (tertiary alicyclic amines) is 1. The highest BCUT2D eigenvalue weighted by molar-refractivity contribution is 7.86. The van der Waals surface area contributed by atoms with E-state index < -0.39 is 15.8 Å². The highest BCUT2D eigenvalue weighted by Crippen LogP contribution is 2.45. The first-order valence-corrected chi connectivity index (χ1v) is 13.8. The van der Waals surface area contributed by atoms with Crippen molar-refractivity contribution in [2.24, 2.45) is 0 Å². The summed E-state index contributed by atoms with van der Waals surface area (Å²) < 4.78 is 33.0. The molecule has 2 aliphatic heterocycles. The molecule has 4 aromatic rings. The van der Waals surface area contributed by atoms with Gasteiger partial charge in [0, 0.05) is 31.1 Å². The smallest absolute Gasteiger partial charge is 0.298 e. The van der Waals surface area contributed by atoms with Crippen LogP contribution in [0.1, 0.15) is 17.5 Å². The Balaban J connectivity index is 1.30. The van der Waals surface area contributed by atoms with Gasteiger partial charge in [-0.05, 0) is 36.8 Å². The van der Waals surface area contributed by atoms with Crippen LogP contribution in [0.5, 0.6) is 0 Å². The Hall–Kier alpha value is -3.59. The van der Waals surface area contributed by atoms with E-state index in [1.807, 2.05) is 67.6 Å². The highest BCUT2D eigenvalue weighted by Gasteiger charge is 2.58.